The van der Waals surface area contributed by atoms with Crippen LogP contribution in [0, 0.1) is 12.3 Å². The average molecular weight is 274 g/mol. The van der Waals surface area contributed by atoms with Gasteiger partial charge >= 0.3 is 0 Å². The Morgan fingerprint density at radius 2 is 2.00 bits per heavy atom. The molecule has 112 valence electrons. The maximum atomic E-state index is 5.91. The highest BCUT2D eigenvalue weighted by atomic mass is 15.2. The fraction of sp³-hybridized carbons (Fsp3) is 0.667. The minimum atomic E-state index is 0.235. The van der Waals surface area contributed by atoms with Crippen LogP contribution in [0.3, 0.4) is 0 Å². The van der Waals surface area contributed by atoms with Gasteiger partial charge in [0.2, 0.25) is 0 Å². The Balaban J connectivity index is 2.13. The van der Waals surface area contributed by atoms with Gasteiger partial charge in [0, 0.05) is 24.8 Å². The fourth-order valence-corrected chi connectivity index (χ4v) is 3.44. The molecule has 0 saturated carbocycles. The van der Waals surface area contributed by atoms with Crippen LogP contribution in [0.4, 0.5) is 5.69 Å². The standard InChI is InChI=1S/C18H30N2/c1-5-18(6-2)9-10-20(13-18)17-8-7-16(12-15(4)19)14(3)11-17/h7-8,11,15H,5-6,9-10,12-13,19H2,1-4H3. The fourth-order valence-electron chi connectivity index (χ4n) is 3.44. The molecule has 1 saturated heterocycles. The molecule has 2 rings (SSSR count). The molecule has 0 aliphatic carbocycles. The highest BCUT2D eigenvalue weighted by molar-refractivity contribution is 5.52. The van der Waals surface area contributed by atoms with Crippen LogP contribution in [0.5, 0.6) is 0 Å². The normalized spacial score (nSPS) is 19.4. The van der Waals surface area contributed by atoms with Crippen molar-refractivity contribution in [1.29, 1.82) is 0 Å². The first-order chi connectivity index (χ1) is 9.49. The van der Waals surface area contributed by atoms with Crippen LogP contribution in [-0.2, 0) is 6.42 Å². The lowest BCUT2D eigenvalue weighted by molar-refractivity contribution is 0.301. The summed E-state index contributed by atoms with van der Waals surface area (Å²) in [5.74, 6) is 0. The van der Waals surface area contributed by atoms with Crippen molar-refractivity contribution in [2.75, 3.05) is 18.0 Å². The van der Waals surface area contributed by atoms with Gasteiger partial charge in [-0.05, 0) is 68.2 Å². The summed E-state index contributed by atoms with van der Waals surface area (Å²) in [5, 5.41) is 0. The van der Waals surface area contributed by atoms with E-state index in [0.717, 1.165) is 6.42 Å². The van der Waals surface area contributed by atoms with Crippen LogP contribution in [0.15, 0.2) is 18.2 Å². The summed E-state index contributed by atoms with van der Waals surface area (Å²) in [6.07, 6.45) is 4.89. The molecule has 2 N–H and O–H groups in total. The highest BCUT2D eigenvalue weighted by Crippen LogP contribution is 2.39. The van der Waals surface area contributed by atoms with Crippen molar-refractivity contribution in [3.63, 3.8) is 0 Å². The zero-order valence-corrected chi connectivity index (χ0v) is 13.6. The van der Waals surface area contributed by atoms with E-state index < -0.39 is 0 Å². The first-order valence-corrected chi connectivity index (χ1v) is 8.10. The number of hydrogen-bond acceptors (Lipinski definition) is 2. The second kappa shape index (κ2) is 6.17. The lowest BCUT2D eigenvalue weighted by Gasteiger charge is -2.27. The van der Waals surface area contributed by atoms with Crippen molar-refractivity contribution in [1.82, 2.24) is 0 Å². The van der Waals surface area contributed by atoms with Crippen molar-refractivity contribution >= 4 is 5.69 Å². The Morgan fingerprint density at radius 1 is 1.30 bits per heavy atom. The minimum absolute atomic E-state index is 0.235. The Hall–Kier alpha value is -1.02. The maximum Gasteiger partial charge on any atom is 0.0369 e. The van der Waals surface area contributed by atoms with Crippen LogP contribution in [0.1, 0.15) is 51.2 Å². The van der Waals surface area contributed by atoms with Gasteiger partial charge in [0.1, 0.15) is 0 Å². The lowest BCUT2D eigenvalue weighted by atomic mass is 9.82. The molecule has 2 nitrogen and oxygen atoms in total. The van der Waals surface area contributed by atoms with E-state index in [2.05, 4.69) is 50.8 Å². The predicted molar refractivity (Wildman–Crippen MR) is 88.4 cm³/mol. The molecule has 0 spiro atoms. The Labute approximate surface area is 124 Å². The number of benzene rings is 1. The molecule has 1 fully saturated rings. The van der Waals surface area contributed by atoms with Gasteiger partial charge in [-0.2, -0.15) is 0 Å². The summed E-state index contributed by atoms with van der Waals surface area (Å²) in [7, 11) is 0. The molecule has 1 aliphatic rings. The van der Waals surface area contributed by atoms with E-state index in [-0.39, 0.29) is 6.04 Å². The number of anilines is 1. The van der Waals surface area contributed by atoms with Crippen LogP contribution in [0.2, 0.25) is 0 Å². The minimum Gasteiger partial charge on any atom is -0.371 e. The molecule has 0 aromatic heterocycles. The molecule has 2 heteroatoms. The van der Waals surface area contributed by atoms with Gasteiger partial charge < -0.3 is 10.6 Å². The molecule has 1 heterocycles. The second-order valence-corrected chi connectivity index (χ2v) is 6.67. The van der Waals surface area contributed by atoms with E-state index >= 15 is 0 Å². The van der Waals surface area contributed by atoms with Gasteiger partial charge in [0.15, 0.2) is 0 Å². The van der Waals surface area contributed by atoms with Crippen molar-refractivity contribution in [2.24, 2.45) is 11.1 Å². The van der Waals surface area contributed by atoms with Crippen LogP contribution in [0.25, 0.3) is 0 Å². The molecule has 0 bridgehead atoms. The Bertz CT molecular complexity index is 447. The van der Waals surface area contributed by atoms with E-state index in [9.17, 15) is 0 Å². The number of nitrogens with zero attached hydrogens (tertiary/aromatic N) is 1. The lowest BCUT2D eigenvalue weighted by Crippen LogP contribution is -2.26. The van der Waals surface area contributed by atoms with Gasteiger partial charge in [-0.25, -0.2) is 0 Å². The van der Waals surface area contributed by atoms with Gasteiger partial charge in [0.25, 0.3) is 0 Å². The molecule has 20 heavy (non-hydrogen) atoms. The summed E-state index contributed by atoms with van der Waals surface area (Å²) in [6.45, 7) is 11.4. The van der Waals surface area contributed by atoms with E-state index in [1.54, 1.807) is 0 Å². The van der Waals surface area contributed by atoms with Crippen LogP contribution in [-0.4, -0.2) is 19.1 Å². The molecule has 1 aromatic rings. The number of hydrogen-bond donors (Lipinski definition) is 1. The molecular formula is C18H30N2. The molecule has 1 aliphatic heterocycles. The zero-order valence-electron chi connectivity index (χ0n) is 13.6. The first kappa shape index (κ1) is 15.4. The third kappa shape index (κ3) is 3.17. The number of rotatable bonds is 5. The quantitative estimate of drug-likeness (QED) is 0.882. The van der Waals surface area contributed by atoms with E-state index in [1.807, 2.05) is 0 Å². The number of nitrogens with two attached hydrogens (primary N) is 1. The maximum absolute atomic E-state index is 5.91. The molecular weight excluding hydrogens is 244 g/mol. The van der Waals surface area contributed by atoms with Crippen LogP contribution >= 0.6 is 0 Å². The van der Waals surface area contributed by atoms with Crippen molar-refractivity contribution in [3.05, 3.63) is 29.3 Å². The van der Waals surface area contributed by atoms with Crippen molar-refractivity contribution < 1.29 is 0 Å². The summed E-state index contributed by atoms with van der Waals surface area (Å²) in [4.78, 5) is 2.57. The predicted octanol–water partition coefficient (Wildman–Crippen LogP) is 3.90. The topological polar surface area (TPSA) is 29.3 Å². The van der Waals surface area contributed by atoms with Crippen molar-refractivity contribution in [3.8, 4) is 0 Å². The molecule has 1 aromatic carbocycles. The second-order valence-electron chi connectivity index (χ2n) is 6.67. The Kier molecular flexibility index (Phi) is 4.74. The molecule has 1 atom stereocenters. The monoisotopic (exact) mass is 274 g/mol. The van der Waals surface area contributed by atoms with E-state index in [1.165, 1.54) is 49.2 Å². The summed E-state index contributed by atoms with van der Waals surface area (Å²) < 4.78 is 0. The van der Waals surface area contributed by atoms with Gasteiger partial charge in [0.05, 0.1) is 0 Å². The summed E-state index contributed by atoms with van der Waals surface area (Å²) in [6, 6.07) is 7.14. The van der Waals surface area contributed by atoms with Crippen molar-refractivity contribution in [2.45, 2.75) is 59.4 Å². The highest BCUT2D eigenvalue weighted by Gasteiger charge is 2.34. The largest absolute Gasteiger partial charge is 0.371 e. The third-order valence-electron chi connectivity index (χ3n) is 5.17. The number of aryl methyl sites for hydroxylation is 1. The van der Waals surface area contributed by atoms with Gasteiger partial charge in [-0.1, -0.05) is 19.9 Å². The van der Waals surface area contributed by atoms with E-state index in [4.69, 9.17) is 5.73 Å². The first-order valence-electron chi connectivity index (χ1n) is 8.10. The molecule has 0 amide bonds. The summed E-state index contributed by atoms with van der Waals surface area (Å²) in [5.41, 5.74) is 10.6. The zero-order chi connectivity index (χ0) is 14.8. The molecule has 1 unspecified atom stereocenters. The van der Waals surface area contributed by atoms with Gasteiger partial charge in [-0.3, -0.25) is 0 Å². The molecule has 0 radical (unpaired) electrons. The third-order valence-corrected chi connectivity index (χ3v) is 5.17. The SMILES string of the molecule is CCC1(CC)CCN(c2ccc(CC(C)N)c(C)c2)C1. The van der Waals surface area contributed by atoms with Gasteiger partial charge in [-0.15, -0.1) is 0 Å². The van der Waals surface area contributed by atoms with Crippen LogP contribution < -0.4 is 10.6 Å². The Morgan fingerprint density at radius 3 is 2.50 bits per heavy atom. The smallest absolute Gasteiger partial charge is 0.0369 e. The summed E-state index contributed by atoms with van der Waals surface area (Å²) >= 11 is 0. The average Bonchev–Trinajstić information content (AvgIpc) is 2.86. The van der Waals surface area contributed by atoms with E-state index in [0.29, 0.717) is 5.41 Å².